The van der Waals surface area contributed by atoms with Crippen LogP contribution < -0.4 is 4.74 Å². The molecule has 0 saturated carbocycles. The van der Waals surface area contributed by atoms with Crippen LogP contribution in [0.2, 0.25) is 0 Å². The summed E-state index contributed by atoms with van der Waals surface area (Å²) in [6.45, 7) is 0.617. The number of halogens is 1. The van der Waals surface area contributed by atoms with Crippen molar-refractivity contribution in [3.8, 4) is 5.75 Å². The topological polar surface area (TPSA) is 9.23 Å². The molecule has 2 rings (SSSR count). The van der Waals surface area contributed by atoms with E-state index >= 15 is 0 Å². The average Bonchev–Trinajstić information content (AvgIpc) is 2.79. The summed E-state index contributed by atoms with van der Waals surface area (Å²) >= 11 is 7.51. The molecule has 78 valence electrons. The molecule has 0 bridgehead atoms. The van der Waals surface area contributed by atoms with Crippen molar-refractivity contribution in [1.29, 1.82) is 0 Å². The van der Waals surface area contributed by atoms with Crippen LogP contribution in [0.1, 0.15) is 10.4 Å². The summed E-state index contributed by atoms with van der Waals surface area (Å²) in [7, 11) is 0. The Balaban J connectivity index is 2.04. The smallest absolute Gasteiger partial charge is 0.124 e. The molecular weight excluding hydrogens is 228 g/mol. The Kier molecular flexibility index (Phi) is 3.64. The molecule has 15 heavy (non-hydrogen) atoms. The zero-order chi connectivity index (χ0) is 10.5. The fraction of sp³-hybridized carbons (Fsp3) is 0.167. The Labute approximate surface area is 98.3 Å². The van der Waals surface area contributed by atoms with Crippen molar-refractivity contribution in [2.45, 2.75) is 12.5 Å². The maximum Gasteiger partial charge on any atom is 0.124 e. The van der Waals surface area contributed by atoms with Gasteiger partial charge in [-0.15, -0.1) is 22.9 Å². The van der Waals surface area contributed by atoms with Crippen molar-refractivity contribution in [3.63, 3.8) is 0 Å². The molecule has 3 heteroatoms. The second kappa shape index (κ2) is 5.19. The third-order valence-electron chi connectivity index (χ3n) is 2.07. The van der Waals surface area contributed by atoms with E-state index in [0.29, 0.717) is 12.5 Å². The number of benzene rings is 1. The van der Waals surface area contributed by atoms with Gasteiger partial charge < -0.3 is 4.74 Å². The van der Waals surface area contributed by atoms with Crippen LogP contribution in [0.3, 0.4) is 0 Å². The van der Waals surface area contributed by atoms with Crippen molar-refractivity contribution < 1.29 is 4.74 Å². The van der Waals surface area contributed by atoms with Crippen molar-refractivity contribution in [2.24, 2.45) is 0 Å². The summed E-state index contributed by atoms with van der Waals surface area (Å²) in [5, 5.41) is 2.05. The van der Waals surface area contributed by atoms with Gasteiger partial charge in [-0.3, -0.25) is 0 Å². The monoisotopic (exact) mass is 238 g/mol. The van der Waals surface area contributed by atoms with Gasteiger partial charge in [-0.05, 0) is 17.5 Å². The quantitative estimate of drug-likeness (QED) is 0.730. The number of hydrogen-bond donors (Lipinski definition) is 0. The Morgan fingerprint density at radius 3 is 2.73 bits per heavy atom. The summed E-state index contributed by atoms with van der Waals surface area (Å²) in [5.74, 6) is 1.36. The molecule has 2 aromatic rings. The van der Waals surface area contributed by atoms with Crippen LogP contribution in [0, 0.1) is 0 Å². The summed E-state index contributed by atoms with van der Waals surface area (Å²) in [5.41, 5.74) is 1.04. The van der Waals surface area contributed by atoms with Crippen molar-refractivity contribution in [1.82, 2.24) is 0 Å². The van der Waals surface area contributed by atoms with Gasteiger partial charge in [0.15, 0.2) is 0 Å². The first kappa shape index (κ1) is 10.5. The Morgan fingerprint density at radius 2 is 2.00 bits per heavy atom. The molecule has 0 fully saturated rings. The number of ether oxygens (including phenoxy) is 1. The van der Waals surface area contributed by atoms with E-state index < -0.39 is 0 Å². The maximum atomic E-state index is 5.82. The highest BCUT2D eigenvalue weighted by Gasteiger charge is 2.01. The Hall–Kier alpha value is -0.990. The van der Waals surface area contributed by atoms with E-state index in [2.05, 4.69) is 6.07 Å². The van der Waals surface area contributed by atoms with Gasteiger partial charge in [-0.25, -0.2) is 0 Å². The molecule has 0 spiro atoms. The van der Waals surface area contributed by atoms with Gasteiger partial charge in [0.05, 0.1) is 5.88 Å². The number of hydrogen-bond acceptors (Lipinski definition) is 2. The summed E-state index contributed by atoms with van der Waals surface area (Å²) < 4.78 is 5.70. The number of thiophene rings is 1. The number of rotatable bonds is 4. The lowest BCUT2D eigenvalue weighted by Gasteiger charge is -2.08. The molecule has 0 radical (unpaired) electrons. The summed E-state index contributed by atoms with van der Waals surface area (Å²) in [4.78, 5) is 1.22. The minimum absolute atomic E-state index is 0.487. The zero-order valence-corrected chi connectivity index (χ0v) is 9.72. The molecule has 0 atom stereocenters. The number of alkyl halides is 1. The van der Waals surface area contributed by atoms with E-state index in [1.807, 2.05) is 35.7 Å². The van der Waals surface area contributed by atoms with Crippen molar-refractivity contribution >= 4 is 22.9 Å². The van der Waals surface area contributed by atoms with Crippen LogP contribution in [0.5, 0.6) is 5.75 Å². The van der Waals surface area contributed by atoms with Crippen LogP contribution in [0.4, 0.5) is 0 Å². The highest BCUT2D eigenvalue weighted by molar-refractivity contribution is 7.09. The first-order valence-electron chi connectivity index (χ1n) is 4.69. The van der Waals surface area contributed by atoms with Crippen LogP contribution in [0.25, 0.3) is 0 Å². The standard InChI is InChI=1S/C12H11ClOS/c13-8-10-4-1-2-6-12(10)14-9-11-5-3-7-15-11/h1-7H,8-9H2. The predicted octanol–water partition coefficient (Wildman–Crippen LogP) is 4.07. The molecule has 0 aliphatic heterocycles. The fourth-order valence-electron chi connectivity index (χ4n) is 1.30. The van der Waals surface area contributed by atoms with Gasteiger partial charge in [0.1, 0.15) is 12.4 Å². The van der Waals surface area contributed by atoms with E-state index in [1.165, 1.54) is 4.88 Å². The summed E-state index contributed by atoms with van der Waals surface area (Å²) in [6, 6.07) is 11.9. The van der Waals surface area contributed by atoms with Gasteiger partial charge in [0.25, 0.3) is 0 Å². The van der Waals surface area contributed by atoms with Gasteiger partial charge in [-0.1, -0.05) is 24.3 Å². The van der Waals surface area contributed by atoms with Gasteiger partial charge in [-0.2, -0.15) is 0 Å². The van der Waals surface area contributed by atoms with Crippen LogP contribution in [-0.4, -0.2) is 0 Å². The fourth-order valence-corrected chi connectivity index (χ4v) is 2.14. The minimum atomic E-state index is 0.487. The van der Waals surface area contributed by atoms with Crippen LogP contribution in [0.15, 0.2) is 41.8 Å². The Morgan fingerprint density at radius 1 is 1.13 bits per heavy atom. The molecule has 1 heterocycles. The van der Waals surface area contributed by atoms with Crippen molar-refractivity contribution in [2.75, 3.05) is 0 Å². The Bertz CT molecular complexity index is 411. The van der Waals surface area contributed by atoms with E-state index in [4.69, 9.17) is 16.3 Å². The lowest BCUT2D eigenvalue weighted by atomic mass is 10.2. The van der Waals surface area contributed by atoms with E-state index in [9.17, 15) is 0 Å². The second-order valence-electron chi connectivity index (χ2n) is 3.11. The zero-order valence-electron chi connectivity index (χ0n) is 8.15. The first-order chi connectivity index (χ1) is 7.40. The largest absolute Gasteiger partial charge is 0.488 e. The lowest BCUT2D eigenvalue weighted by Crippen LogP contribution is -1.95. The molecule has 0 aliphatic carbocycles. The van der Waals surface area contributed by atoms with Crippen LogP contribution in [-0.2, 0) is 12.5 Å². The molecule has 1 nitrogen and oxygen atoms in total. The molecule has 0 amide bonds. The molecule has 0 aliphatic rings. The van der Waals surface area contributed by atoms with Crippen molar-refractivity contribution in [3.05, 3.63) is 52.2 Å². The first-order valence-corrected chi connectivity index (χ1v) is 6.10. The molecule has 1 aromatic carbocycles. The van der Waals surface area contributed by atoms with Gasteiger partial charge in [0.2, 0.25) is 0 Å². The van der Waals surface area contributed by atoms with Crippen LogP contribution >= 0.6 is 22.9 Å². The van der Waals surface area contributed by atoms with E-state index in [-0.39, 0.29) is 0 Å². The van der Waals surface area contributed by atoms with Gasteiger partial charge >= 0.3 is 0 Å². The van der Waals surface area contributed by atoms with E-state index in [0.717, 1.165) is 11.3 Å². The third-order valence-corrected chi connectivity index (χ3v) is 3.20. The molecule has 0 saturated heterocycles. The second-order valence-corrected chi connectivity index (χ2v) is 4.41. The maximum absolute atomic E-state index is 5.82. The SMILES string of the molecule is ClCc1ccccc1OCc1cccs1. The lowest BCUT2D eigenvalue weighted by molar-refractivity contribution is 0.307. The predicted molar refractivity (Wildman–Crippen MR) is 64.7 cm³/mol. The minimum Gasteiger partial charge on any atom is -0.488 e. The number of para-hydroxylation sites is 1. The van der Waals surface area contributed by atoms with Gasteiger partial charge in [0, 0.05) is 10.4 Å². The third kappa shape index (κ3) is 2.74. The summed E-state index contributed by atoms with van der Waals surface area (Å²) in [6.07, 6.45) is 0. The highest BCUT2D eigenvalue weighted by atomic mass is 35.5. The van der Waals surface area contributed by atoms with E-state index in [1.54, 1.807) is 11.3 Å². The average molecular weight is 239 g/mol. The normalized spacial score (nSPS) is 10.2. The molecule has 0 N–H and O–H groups in total. The molecule has 1 aromatic heterocycles. The molecule has 0 unspecified atom stereocenters. The molecular formula is C12H11ClOS. The highest BCUT2D eigenvalue weighted by Crippen LogP contribution is 2.21.